The van der Waals surface area contributed by atoms with Gasteiger partial charge in [0.25, 0.3) is 5.91 Å². The summed E-state index contributed by atoms with van der Waals surface area (Å²) in [5.74, 6) is 0.421. The van der Waals surface area contributed by atoms with E-state index in [0.717, 1.165) is 16.7 Å². The van der Waals surface area contributed by atoms with Gasteiger partial charge < -0.3 is 4.74 Å². The second-order valence-corrected chi connectivity index (χ2v) is 7.22. The van der Waals surface area contributed by atoms with Crippen molar-refractivity contribution in [2.24, 2.45) is 5.10 Å². The van der Waals surface area contributed by atoms with Crippen LogP contribution in [0.3, 0.4) is 0 Å². The van der Waals surface area contributed by atoms with Gasteiger partial charge >= 0.3 is 0 Å². The minimum Gasteiger partial charge on any atom is -0.483 e. The van der Waals surface area contributed by atoms with Crippen LogP contribution in [0.15, 0.2) is 47.6 Å². The maximum Gasteiger partial charge on any atom is 0.277 e. The molecular formula is C21H26N2O2. The van der Waals surface area contributed by atoms with E-state index in [1.54, 1.807) is 6.21 Å². The summed E-state index contributed by atoms with van der Waals surface area (Å²) in [4.78, 5) is 11.8. The zero-order valence-corrected chi connectivity index (χ0v) is 15.6. The van der Waals surface area contributed by atoms with Crippen molar-refractivity contribution in [2.75, 3.05) is 6.61 Å². The number of hydrogen-bond acceptors (Lipinski definition) is 3. The Morgan fingerprint density at radius 3 is 2.40 bits per heavy atom. The van der Waals surface area contributed by atoms with Gasteiger partial charge in [-0.1, -0.05) is 62.7 Å². The Bertz CT molecular complexity index is 756. The first-order valence-corrected chi connectivity index (χ1v) is 8.38. The quantitative estimate of drug-likeness (QED) is 0.658. The maximum atomic E-state index is 11.8. The average Bonchev–Trinajstić information content (AvgIpc) is 2.53. The van der Waals surface area contributed by atoms with Crippen molar-refractivity contribution in [3.8, 4) is 5.75 Å². The second kappa shape index (κ2) is 7.97. The Morgan fingerprint density at radius 1 is 1.12 bits per heavy atom. The van der Waals surface area contributed by atoms with Gasteiger partial charge in [-0.3, -0.25) is 4.79 Å². The molecule has 0 spiro atoms. The molecule has 0 fully saturated rings. The van der Waals surface area contributed by atoms with E-state index in [1.165, 1.54) is 5.56 Å². The molecule has 132 valence electrons. The number of rotatable bonds is 5. The van der Waals surface area contributed by atoms with Gasteiger partial charge in [-0.2, -0.15) is 5.10 Å². The lowest BCUT2D eigenvalue weighted by Gasteiger charge is -2.18. The van der Waals surface area contributed by atoms with E-state index < -0.39 is 0 Å². The van der Waals surface area contributed by atoms with Gasteiger partial charge in [-0.15, -0.1) is 0 Å². The number of nitrogens with one attached hydrogen (secondary N) is 1. The molecular weight excluding hydrogens is 312 g/mol. The number of carbonyl (C=O) groups excluding carboxylic acids is 1. The van der Waals surface area contributed by atoms with Crippen LogP contribution in [0.1, 0.15) is 43.0 Å². The Kier molecular flexibility index (Phi) is 5.97. The first kappa shape index (κ1) is 18.7. The molecule has 0 aromatic heterocycles. The van der Waals surface area contributed by atoms with E-state index in [4.69, 9.17) is 4.74 Å². The molecule has 2 aromatic carbocycles. The summed E-state index contributed by atoms with van der Waals surface area (Å²) < 4.78 is 5.52. The third-order valence-electron chi connectivity index (χ3n) is 3.87. The Hall–Kier alpha value is -2.62. The number of aryl methyl sites for hydroxylation is 2. The molecule has 0 saturated heterocycles. The number of hydrazone groups is 1. The van der Waals surface area contributed by atoms with Crippen molar-refractivity contribution in [3.63, 3.8) is 0 Å². The smallest absolute Gasteiger partial charge is 0.277 e. The molecule has 0 aliphatic carbocycles. The molecule has 25 heavy (non-hydrogen) atoms. The Balaban J connectivity index is 1.84. The van der Waals surface area contributed by atoms with Gasteiger partial charge in [0, 0.05) is 0 Å². The third kappa shape index (κ3) is 5.75. The van der Waals surface area contributed by atoms with Crippen molar-refractivity contribution >= 4 is 12.1 Å². The monoisotopic (exact) mass is 338 g/mol. The lowest BCUT2D eigenvalue weighted by atomic mass is 9.87. The highest BCUT2D eigenvalue weighted by molar-refractivity contribution is 5.83. The van der Waals surface area contributed by atoms with E-state index in [2.05, 4.69) is 43.4 Å². The minimum absolute atomic E-state index is 0.0653. The lowest BCUT2D eigenvalue weighted by Crippen LogP contribution is -2.24. The van der Waals surface area contributed by atoms with Crippen LogP contribution in [0.4, 0.5) is 0 Å². The van der Waals surface area contributed by atoms with Gasteiger partial charge in [-0.05, 0) is 42.0 Å². The number of amides is 1. The predicted molar refractivity (Wildman–Crippen MR) is 102 cm³/mol. The van der Waals surface area contributed by atoms with Crippen molar-refractivity contribution in [3.05, 3.63) is 64.7 Å². The molecule has 0 radical (unpaired) electrons. The molecule has 2 rings (SSSR count). The first-order chi connectivity index (χ1) is 11.8. The largest absolute Gasteiger partial charge is 0.483 e. The number of ether oxygens (including phenoxy) is 1. The predicted octanol–water partition coefficient (Wildman–Crippen LogP) is 4.13. The van der Waals surface area contributed by atoms with Crippen LogP contribution in [-0.4, -0.2) is 18.7 Å². The fourth-order valence-electron chi connectivity index (χ4n) is 2.38. The molecule has 0 unspecified atom stereocenters. The summed E-state index contributed by atoms with van der Waals surface area (Å²) >= 11 is 0. The normalized spacial score (nSPS) is 11.6. The van der Waals surface area contributed by atoms with Crippen LogP contribution in [0.2, 0.25) is 0 Å². The van der Waals surface area contributed by atoms with E-state index >= 15 is 0 Å². The van der Waals surface area contributed by atoms with Crippen LogP contribution in [-0.2, 0) is 10.2 Å². The van der Waals surface area contributed by atoms with Crippen molar-refractivity contribution in [1.29, 1.82) is 0 Å². The van der Waals surface area contributed by atoms with Gasteiger partial charge in [0.05, 0.1) is 6.21 Å². The Morgan fingerprint density at radius 2 is 1.80 bits per heavy atom. The first-order valence-electron chi connectivity index (χ1n) is 8.38. The number of hydrogen-bond donors (Lipinski definition) is 1. The maximum absolute atomic E-state index is 11.8. The van der Waals surface area contributed by atoms with Crippen molar-refractivity contribution < 1.29 is 9.53 Å². The molecule has 4 heteroatoms. The molecule has 0 bridgehead atoms. The number of benzene rings is 2. The molecule has 1 N–H and O–H groups in total. The topological polar surface area (TPSA) is 50.7 Å². The zero-order valence-electron chi connectivity index (χ0n) is 15.6. The zero-order chi connectivity index (χ0) is 18.4. The van der Waals surface area contributed by atoms with Gasteiger partial charge in [0.2, 0.25) is 0 Å². The standard InChI is InChI=1S/C21H26N2O2/c1-15-6-11-19(16(2)12-15)25-14-20(24)23-22-13-17-7-9-18(10-8-17)21(3,4)5/h6-13H,14H2,1-5H3,(H,23,24)/b22-13-. The van der Waals surface area contributed by atoms with Gasteiger partial charge in [0.15, 0.2) is 6.61 Å². The second-order valence-electron chi connectivity index (χ2n) is 7.22. The average molecular weight is 338 g/mol. The molecule has 0 saturated carbocycles. The van der Waals surface area contributed by atoms with Gasteiger partial charge in [0.1, 0.15) is 5.75 Å². The molecule has 0 aliphatic rings. The van der Waals surface area contributed by atoms with E-state index in [9.17, 15) is 4.79 Å². The van der Waals surface area contributed by atoms with Crippen LogP contribution >= 0.6 is 0 Å². The fraction of sp³-hybridized carbons (Fsp3) is 0.333. The molecule has 0 heterocycles. The van der Waals surface area contributed by atoms with Crippen LogP contribution < -0.4 is 10.2 Å². The highest BCUT2D eigenvalue weighted by Gasteiger charge is 2.12. The third-order valence-corrected chi connectivity index (χ3v) is 3.87. The fourth-order valence-corrected chi connectivity index (χ4v) is 2.38. The molecule has 2 aromatic rings. The van der Waals surface area contributed by atoms with E-state index in [0.29, 0.717) is 5.75 Å². The van der Waals surface area contributed by atoms with E-state index in [-0.39, 0.29) is 17.9 Å². The van der Waals surface area contributed by atoms with E-state index in [1.807, 2.05) is 44.2 Å². The summed E-state index contributed by atoms with van der Waals surface area (Å²) in [5.41, 5.74) is 6.97. The Labute approximate surface area is 149 Å². The highest BCUT2D eigenvalue weighted by atomic mass is 16.5. The lowest BCUT2D eigenvalue weighted by molar-refractivity contribution is -0.123. The van der Waals surface area contributed by atoms with Crippen LogP contribution in [0, 0.1) is 13.8 Å². The number of nitrogens with zero attached hydrogens (tertiary/aromatic N) is 1. The summed E-state index contributed by atoms with van der Waals surface area (Å²) in [6.45, 7) is 10.4. The summed E-state index contributed by atoms with van der Waals surface area (Å²) in [5, 5.41) is 3.98. The summed E-state index contributed by atoms with van der Waals surface area (Å²) in [6, 6.07) is 14.0. The summed E-state index contributed by atoms with van der Waals surface area (Å²) in [7, 11) is 0. The SMILES string of the molecule is Cc1ccc(OCC(=O)N/N=C\c2ccc(C(C)(C)C)cc2)c(C)c1. The molecule has 4 nitrogen and oxygen atoms in total. The summed E-state index contributed by atoms with van der Waals surface area (Å²) in [6.07, 6.45) is 1.63. The van der Waals surface area contributed by atoms with Crippen LogP contribution in [0.25, 0.3) is 0 Å². The van der Waals surface area contributed by atoms with Crippen molar-refractivity contribution in [2.45, 2.75) is 40.0 Å². The van der Waals surface area contributed by atoms with Crippen LogP contribution in [0.5, 0.6) is 5.75 Å². The highest BCUT2D eigenvalue weighted by Crippen LogP contribution is 2.21. The van der Waals surface area contributed by atoms with Gasteiger partial charge in [-0.25, -0.2) is 5.43 Å². The molecule has 0 aliphatic heterocycles. The number of carbonyl (C=O) groups is 1. The minimum atomic E-state index is -0.289. The molecule has 0 atom stereocenters. The van der Waals surface area contributed by atoms with Crippen molar-refractivity contribution in [1.82, 2.24) is 5.43 Å². The molecule has 1 amide bonds.